The van der Waals surface area contributed by atoms with E-state index in [2.05, 4.69) is 21.2 Å². The largest absolute Gasteiger partial charge is 0.326 e. The molecule has 0 unspecified atom stereocenters. The van der Waals surface area contributed by atoms with Crippen molar-refractivity contribution in [2.45, 2.75) is 25.6 Å². The van der Waals surface area contributed by atoms with Gasteiger partial charge < -0.3 is 5.32 Å². The Kier molecular flexibility index (Phi) is 4.82. The van der Waals surface area contributed by atoms with E-state index in [9.17, 15) is 4.79 Å². The van der Waals surface area contributed by atoms with E-state index in [0.29, 0.717) is 12.3 Å². The lowest BCUT2D eigenvalue weighted by atomic mass is 10.1. The third kappa shape index (κ3) is 4.04. The summed E-state index contributed by atoms with van der Waals surface area (Å²) in [5, 5.41) is 3.68. The first-order chi connectivity index (χ1) is 7.13. The fourth-order valence-electron chi connectivity index (χ4n) is 1.33. The minimum Gasteiger partial charge on any atom is -0.326 e. The molecule has 3 heteroatoms. The van der Waals surface area contributed by atoms with Gasteiger partial charge >= 0.3 is 0 Å². The fraction of sp³-hybridized carbons (Fsp3) is 0.417. The molecule has 2 nitrogen and oxygen atoms in total. The van der Waals surface area contributed by atoms with Gasteiger partial charge in [0, 0.05) is 17.4 Å². The molecule has 0 radical (unpaired) electrons. The van der Waals surface area contributed by atoms with Crippen molar-refractivity contribution in [2.24, 2.45) is 5.92 Å². The number of rotatable bonds is 4. The zero-order chi connectivity index (χ0) is 11.3. The van der Waals surface area contributed by atoms with E-state index in [1.807, 2.05) is 38.1 Å². The van der Waals surface area contributed by atoms with E-state index in [0.717, 1.165) is 16.6 Å². The Hall–Kier alpha value is -0.830. The van der Waals surface area contributed by atoms with Crippen LogP contribution in [0, 0.1) is 5.92 Å². The van der Waals surface area contributed by atoms with Crippen LogP contribution in [0.2, 0.25) is 0 Å². The molecule has 0 spiro atoms. The van der Waals surface area contributed by atoms with Gasteiger partial charge in [-0.25, -0.2) is 0 Å². The standard InChI is InChI=1S/C12H16BrNO/c1-9(2)7-12(15)14-11-6-4-3-5-10(11)8-13/h3-6,9H,7-8H2,1-2H3,(H,14,15). The summed E-state index contributed by atoms with van der Waals surface area (Å²) in [5.41, 5.74) is 2.01. The maximum absolute atomic E-state index is 11.6. The first-order valence-corrected chi connectivity index (χ1v) is 6.19. The molecule has 1 rings (SSSR count). The van der Waals surface area contributed by atoms with E-state index < -0.39 is 0 Å². The van der Waals surface area contributed by atoms with Gasteiger partial charge in [0.1, 0.15) is 0 Å². The Morgan fingerprint density at radius 1 is 1.40 bits per heavy atom. The number of para-hydroxylation sites is 1. The topological polar surface area (TPSA) is 29.1 Å². The summed E-state index contributed by atoms with van der Waals surface area (Å²) in [5.74, 6) is 0.472. The molecule has 1 aromatic carbocycles. The lowest BCUT2D eigenvalue weighted by molar-refractivity contribution is -0.116. The van der Waals surface area contributed by atoms with Gasteiger partial charge in [-0.15, -0.1) is 0 Å². The van der Waals surface area contributed by atoms with Crippen molar-refractivity contribution in [3.05, 3.63) is 29.8 Å². The molecule has 0 aliphatic carbocycles. The second-order valence-electron chi connectivity index (χ2n) is 3.94. The molecular weight excluding hydrogens is 254 g/mol. The van der Waals surface area contributed by atoms with Crippen molar-refractivity contribution >= 4 is 27.5 Å². The highest BCUT2D eigenvalue weighted by Gasteiger charge is 2.07. The first kappa shape index (κ1) is 12.2. The number of carbonyl (C=O) groups is 1. The van der Waals surface area contributed by atoms with Crippen LogP contribution in [0.5, 0.6) is 0 Å². The zero-order valence-corrected chi connectivity index (χ0v) is 10.7. The van der Waals surface area contributed by atoms with Crippen LogP contribution in [0.25, 0.3) is 0 Å². The molecule has 0 aliphatic heterocycles. The van der Waals surface area contributed by atoms with Crippen molar-refractivity contribution in [1.29, 1.82) is 0 Å². The first-order valence-electron chi connectivity index (χ1n) is 5.07. The zero-order valence-electron chi connectivity index (χ0n) is 9.09. The Morgan fingerprint density at radius 3 is 2.67 bits per heavy atom. The Bertz CT molecular complexity index is 336. The molecule has 15 heavy (non-hydrogen) atoms. The van der Waals surface area contributed by atoms with Gasteiger partial charge in [-0.3, -0.25) is 4.79 Å². The molecule has 1 N–H and O–H groups in total. The highest BCUT2D eigenvalue weighted by atomic mass is 79.9. The van der Waals surface area contributed by atoms with Crippen molar-refractivity contribution in [1.82, 2.24) is 0 Å². The van der Waals surface area contributed by atoms with Gasteiger partial charge in [0.15, 0.2) is 0 Å². The van der Waals surface area contributed by atoms with Crippen LogP contribution >= 0.6 is 15.9 Å². The summed E-state index contributed by atoms with van der Waals surface area (Å²) in [7, 11) is 0. The van der Waals surface area contributed by atoms with Crippen LogP contribution in [0.4, 0.5) is 5.69 Å². The Morgan fingerprint density at radius 2 is 2.07 bits per heavy atom. The summed E-state index contributed by atoms with van der Waals surface area (Å²) in [6.07, 6.45) is 0.566. The van der Waals surface area contributed by atoms with Crippen LogP contribution in [0.1, 0.15) is 25.8 Å². The quantitative estimate of drug-likeness (QED) is 0.833. The van der Waals surface area contributed by atoms with E-state index in [1.165, 1.54) is 0 Å². The Balaban J connectivity index is 2.67. The lowest BCUT2D eigenvalue weighted by Crippen LogP contribution is -2.14. The van der Waals surface area contributed by atoms with Crippen LogP contribution in [-0.4, -0.2) is 5.91 Å². The number of hydrogen-bond acceptors (Lipinski definition) is 1. The average Bonchev–Trinajstić information content (AvgIpc) is 2.17. The van der Waals surface area contributed by atoms with Gasteiger partial charge in [-0.1, -0.05) is 48.0 Å². The SMILES string of the molecule is CC(C)CC(=O)Nc1ccccc1CBr. The molecule has 0 saturated heterocycles. The summed E-state index contributed by atoms with van der Waals surface area (Å²) in [6, 6.07) is 7.82. The van der Waals surface area contributed by atoms with Gasteiger partial charge in [-0.05, 0) is 17.5 Å². The van der Waals surface area contributed by atoms with Crippen molar-refractivity contribution in [2.75, 3.05) is 5.32 Å². The third-order valence-electron chi connectivity index (χ3n) is 2.03. The van der Waals surface area contributed by atoms with Crippen molar-refractivity contribution in [3.63, 3.8) is 0 Å². The molecule has 0 bridgehead atoms. The van der Waals surface area contributed by atoms with Gasteiger partial charge in [-0.2, -0.15) is 0 Å². The highest BCUT2D eigenvalue weighted by molar-refractivity contribution is 9.08. The lowest BCUT2D eigenvalue weighted by Gasteiger charge is -2.10. The number of hydrogen-bond donors (Lipinski definition) is 1. The minimum atomic E-state index is 0.0819. The summed E-state index contributed by atoms with van der Waals surface area (Å²) < 4.78 is 0. The number of benzene rings is 1. The molecule has 1 amide bonds. The monoisotopic (exact) mass is 269 g/mol. The molecule has 0 aromatic heterocycles. The summed E-state index contributed by atoms with van der Waals surface area (Å²) >= 11 is 3.40. The number of anilines is 1. The van der Waals surface area contributed by atoms with Crippen molar-refractivity contribution < 1.29 is 4.79 Å². The number of amides is 1. The second-order valence-corrected chi connectivity index (χ2v) is 4.50. The van der Waals surface area contributed by atoms with Crippen LogP contribution in [0.15, 0.2) is 24.3 Å². The van der Waals surface area contributed by atoms with Crippen LogP contribution < -0.4 is 5.32 Å². The van der Waals surface area contributed by atoms with Crippen molar-refractivity contribution in [3.8, 4) is 0 Å². The minimum absolute atomic E-state index is 0.0819. The number of halogens is 1. The molecule has 0 aliphatic rings. The number of carbonyl (C=O) groups excluding carboxylic acids is 1. The molecule has 0 heterocycles. The maximum Gasteiger partial charge on any atom is 0.224 e. The van der Waals surface area contributed by atoms with Gasteiger partial charge in [0.2, 0.25) is 5.91 Å². The van der Waals surface area contributed by atoms with Gasteiger partial charge in [0.25, 0.3) is 0 Å². The van der Waals surface area contributed by atoms with E-state index in [-0.39, 0.29) is 5.91 Å². The molecule has 1 aromatic rings. The van der Waals surface area contributed by atoms with Crippen LogP contribution in [-0.2, 0) is 10.1 Å². The van der Waals surface area contributed by atoms with E-state index >= 15 is 0 Å². The van der Waals surface area contributed by atoms with E-state index in [1.54, 1.807) is 0 Å². The molecule has 0 saturated carbocycles. The van der Waals surface area contributed by atoms with Crippen LogP contribution in [0.3, 0.4) is 0 Å². The smallest absolute Gasteiger partial charge is 0.224 e. The third-order valence-corrected chi connectivity index (χ3v) is 2.63. The fourth-order valence-corrected chi connectivity index (χ4v) is 1.82. The highest BCUT2D eigenvalue weighted by Crippen LogP contribution is 2.18. The van der Waals surface area contributed by atoms with Gasteiger partial charge in [0.05, 0.1) is 0 Å². The second kappa shape index (κ2) is 5.91. The predicted molar refractivity (Wildman–Crippen MR) is 67.2 cm³/mol. The molecular formula is C12H16BrNO. The average molecular weight is 270 g/mol. The molecule has 0 fully saturated rings. The Labute approximate surface area is 99.2 Å². The predicted octanol–water partition coefficient (Wildman–Crippen LogP) is 3.57. The summed E-state index contributed by atoms with van der Waals surface area (Å²) in [4.78, 5) is 11.6. The molecule has 0 atom stereocenters. The molecule has 82 valence electrons. The number of alkyl halides is 1. The normalized spacial score (nSPS) is 10.4. The van der Waals surface area contributed by atoms with E-state index in [4.69, 9.17) is 0 Å². The maximum atomic E-state index is 11.6. The number of nitrogens with one attached hydrogen (secondary N) is 1. The summed E-state index contributed by atoms with van der Waals surface area (Å²) in [6.45, 7) is 4.08.